The fourth-order valence-electron chi connectivity index (χ4n) is 3.57. The van der Waals surface area contributed by atoms with Crippen LogP contribution in [0.2, 0.25) is 0 Å². The van der Waals surface area contributed by atoms with Gasteiger partial charge in [-0.3, -0.25) is 14.6 Å². The van der Waals surface area contributed by atoms with Gasteiger partial charge in [-0.1, -0.05) is 0 Å². The van der Waals surface area contributed by atoms with Crippen LogP contribution in [0.1, 0.15) is 39.5 Å². The van der Waals surface area contributed by atoms with Gasteiger partial charge >= 0.3 is 5.97 Å². The van der Waals surface area contributed by atoms with Crippen molar-refractivity contribution in [2.45, 2.75) is 56.7 Å². The third-order valence-electron chi connectivity index (χ3n) is 5.21. The molecule has 0 aromatic heterocycles. The smallest absolute Gasteiger partial charge is 0.325 e. The van der Waals surface area contributed by atoms with Crippen LogP contribution in [0.3, 0.4) is 0 Å². The summed E-state index contributed by atoms with van der Waals surface area (Å²) >= 11 is 0. The number of nitrogens with zero attached hydrogens (tertiary/aromatic N) is 2. The molecule has 1 heterocycles. The monoisotopic (exact) mass is 283 g/mol. The molecule has 2 N–H and O–H groups in total. The molecule has 116 valence electrons. The lowest BCUT2D eigenvalue weighted by Gasteiger charge is -2.50. The van der Waals surface area contributed by atoms with E-state index in [0.717, 1.165) is 45.3 Å². The molecule has 20 heavy (non-hydrogen) atoms. The third-order valence-corrected chi connectivity index (χ3v) is 5.21. The summed E-state index contributed by atoms with van der Waals surface area (Å²) in [4.78, 5) is 16.8. The molecule has 2 fully saturated rings. The number of esters is 1. The lowest BCUT2D eigenvalue weighted by atomic mass is 9.78. The van der Waals surface area contributed by atoms with Crippen molar-refractivity contribution >= 4 is 5.97 Å². The molecule has 1 aliphatic heterocycles. The number of hydrogen-bond donors (Lipinski definition) is 1. The summed E-state index contributed by atoms with van der Waals surface area (Å²) in [7, 11) is 3.61. The molecule has 0 aromatic rings. The van der Waals surface area contributed by atoms with Gasteiger partial charge in [0, 0.05) is 31.2 Å². The topological polar surface area (TPSA) is 58.8 Å². The molecule has 0 radical (unpaired) electrons. The first-order valence-electron chi connectivity index (χ1n) is 7.61. The third kappa shape index (κ3) is 3.00. The Labute approximate surface area is 122 Å². The first-order chi connectivity index (χ1) is 9.28. The van der Waals surface area contributed by atoms with E-state index in [2.05, 4.69) is 30.7 Å². The van der Waals surface area contributed by atoms with Crippen LogP contribution in [0.25, 0.3) is 0 Å². The maximum Gasteiger partial charge on any atom is 0.325 e. The Morgan fingerprint density at radius 3 is 2.65 bits per heavy atom. The molecule has 5 heteroatoms. The van der Waals surface area contributed by atoms with Crippen LogP contribution in [0, 0.1) is 0 Å². The molecule has 0 spiro atoms. The fourth-order valence-corrected chi connectivity index (χ4v) is 3.57. The lowest BCUT2D eigenvalue weighted by Crippen LogP contribution is -2.63. The SMILES string of the molecule is COC(=O)C1(N)CCCC(N2CCN(C)C(C)(C)C2)C1. The van der Waals surface area contributed by atoms with E-state index < -0.39 is 5.54 Å². The zero-order valence-corrected chi connectivity index (χ0v) is 13.3. The van der Waals surface area contributed by atoms with Gasteiger partial charge < -0.3 is 10.5 Å². The summed E-state index contributed by atoms with van der Waals surface area (Å²) in [6, 6.07) is 0.404. The Kier molecular flexibility index (Phi) is 4.42. The van der Waals surface area contributed by atoms with Crippen molar-refractivity contribution < 1.29 is 9.53 Å². The Bertz CT molecular complexity index is 372. The van der Waals surface area contributed by atoms with Gasteiger partial charge in [0.2, 0.25) is 0 Å². The summed E-state index contributed by atoms with van der Waals surface area (Å²) in [5, 5.41) is 0. The fraction of sp³-hybridized carbons (Fsp3) is 0.933. The Balaban J connectivity index is 2.04. The number of likely N-dealkylation sites (N-methyl/N-ethyl adjacent to an activating group) is 1. The second-order valence-corrected chi connectivity index (χ2v) is 7.10. The Morgan fingerprint density at radius 2 is 2.05 bits per heavy atom. The number of hydrogen-bond acceptors (Lipinski definition) is 5. The van der Waals surface area contributed by atoms with Crippen LogP contribution in [0.4, 0.5) is 0 Å². The molecule has 2 rings (SSSR count). The van der Waals surface area contributed by atoms with E-state index in [-0.39, 0.29) is 11.5 Å². The standard InChI is InChI=1S/C15H29N3O2/c1-14(2)11-18(9-8-17(14)3)12-6-5-7-15(16,10-12)13(19)20-4/h12H,5-11,16H2,1-4H3. The van der Waals surface area contributed by atoms with Crippen molar-refractivity contribution in [1.82, 2.24) is 9.80 Å². The summed E-state index contributed by atoms with van der Waals surface area (Å²) in [5.74, 6) is -0.254. The van der Waals surface area contributed by atoms with Crippen molar-refractivity contribution in [3.63, 3.8) is 0 Å². The number of carbonyl (C=O) groups is 1. The molecular formula is C15H29N3O2. The highest BCUT2D eigenvalue weighted by molar-refractivity contribution is 5.80. The second kappa shape index (κ2) is 5.62. The number of rotatable bonds is 2. The van der Waals surface area contributed by atoms with Crippen molar-refractivity contribution in [1.29, 1.82) is 0 Å². The molecule has 1 saturated heterocycles. The molecule has 2 unspecified atom stereocenters. The van der Waals surface area contributed by atoms with Gasteiger partial charge in [0.15, 0.2) is 0 Å². The maximum absolute atomic E-state index is 11.9. The minimum Gasteiger partial charge on any atom is -0.468 e. The van der Waals surface area contributed by atoms with Crippen molar-refractivity contribution in [3.8, 4) is 0 Å². The highest BCUT2D eigenvalue weighted by Crippen LogP contribution is 2.32. The largest absolute Gasteiger partial charge is 0.468 e. The zero-order valence-electron chi connectivity index (χ0n) is 13.3. The molecule has 2 aliphatic rings. The molecule has 1 saturated carbocycles. The van der Waals surface area contributed by atoms with Crippen molar-refractivity contribution in [2.75, 3.05) is 33.8 Å². The second-order valence-electron chi connectivity index (χ2n) is 7.10. The molecule has 0 amide bonds. The first-order valence-corrected chi connectivity index (χ1v) is 7.61. The Morgan fingerprint density at radius 1 is 1.35 bits per heavy atom. The van der Waals surface area contributed by atoms with Crippen molar-refractivity contribution in [3.05, 3.63) is 0 Å². The van der Waals surface area contributed by atoms with E-state index >= 15 is 0 Å². The lowest BCUT2D eigenvalue weighted by molar-refractivity contribution is -0.149. The molecule has 2 atom stereocenters. The maximum atomic E-state index is 11.9. The molecular weight excluding hydrogens is 254 g/mol. The minimum absolute atomic E-state index is 0.179. The van der Waals surface area contributed by atoms with E-state index in [4.69, 9.17) is 10.5 Å². The molecule has 1 aliphatic carbocycles. The predicted molar refractivity (Wildman–Crippen MR) is 79.5 cm³/mol. The van der Waals surface area contributed by atoms with Gasteiger partial charge in [0.05, 0.1) is 7.11 Å². The number of carbonyl (C=O) groups excluding carboxylic acids is 1. The van der Waals surface area contributed by atoms with Crippen LogP contribution in [0.15, 0.2) is 0 Å². The van der Waals surface area contributed by atoms with Crippen LogP contribution in [-0.4, -0.2) is 66.7 Å². The van der Waals surface area contributed by atoms with Gasteiger partial charge in [-0.05, 0) is 46.6 Å². The molecule has 0 bridgehead atoms. The van der Waals surface area contributed by atoms with E-state index in [0.29, 0.717) is 6.04 Å². The quantitative estimate of drug-likeness (QED) is 0.761. The normalized spacial score (nSPS) is 35.8. The summed E-state index contributed by atoms with van der Waals surface area (Å²) < 4.78 is 4.90. The Hall–Kier alpha value is -0.650. The zero-order chi connectivity index (χ0) is 15.0. The summed E-state index contributed by atoms with van der Waals surface area (Å²) in [6.45, 7) is 7.71. The summed E-state index contributed by atoms with van der Waals surface area (Å²) in [5.41, 5.74) is 5.69. The average Bonchev–Trinajstić information content (AvgIpc) is 2.41. The van der Waals surface area contributed by atoms with E-state index in [1.807, 2.05) is 0 Å². The van der Waals surface area contributed by atoms with E-state index in [9.17, 15) is 4.79 Å². The average molecular weight is 283 g/mol. The highest BCUT2D eigenvalue weighted by Gasteiger charge is 2.43. The van der Waals surface area contributed by atoms with Crippen LogP contribution >= 0.6 is 0 Å². The van der Waals surface area contributed by atoms with Gasteiger partial charge in [0.1, 0.15) is 5.54 Å². The number of ether oxygens (including phenoxy) is 1. The summed E-state index contributed by atoms with van der Waals surface area (Å²) in [6.07, 6.45) is 3.60. The van der Waals surface area contributed by atoms with Crippen molar-refractivity contribution in [2.24, 2.45) is 5.73 Å². The van der Waals surface area contributed by atoms with Gasteiger partial charge in [-0.15, -0.1) is 0 Å². The van der Waals surface area contributed by atoms with E-state index in [1.165, 1.54) is 7.11 Å². The molecule has 0 aromatic carbocycles. The highest BCUT2D eigenvalue weighted by atomic mass is 16.5. The molecule has 5 nitrogen and oxygen atoms in total. The number of nitrogens with two attached hydrogens (primary N) is 1. The van der Waals surface area contributed by atoms with Gasteiger partial charge in [0.25, 0.3) is 0 Å². The number of piperazine rings is 1. The van der Waals surface area contributed by atoms with Crippen LogP contribution in [-0.2, 0) is 9.53 Å². The van der Waals surface area contributed by atoms with Crippen LogP contribution < -0.4 is 5.73 Å². The predicted octanol–water partition coefficient (Wildman–Crippen LogP) is 0.826. The van der Waals surface area contributed by atoms with Gasteiger partial charge in [-0.25, -0.2) is 0 Å². The number of methoxy groups -OCH3 is 1. The first kappa shape index (κ1) is 15.7. The minimum atomic E-state index is -0.787. The van der Waals surface area contributed by atoms with E-state index in [1.54, 1.807) is 0 Å². The van der Waals surface area contributed by atoms with Crippen LogP contribution in [0.5, 0.6) is 0 Å². The van der Waals surface area contributed by atoms with Gasteiger partial charge in [-0.2, -0.15) is 0 Å².